The van der Waals surface area contributed by atoms with E-state index in [9.17, 15) is 0 Å². The summed E-state index contributed by atoms with van der Waals surface area (Å²) < 4.78 is 1.15. The van der Waals surface area contributed by atoms with E-state index in [1.807, 2.05) is 0 Å². The fourth-order valence-corrected chi connectivity index (χ4v) is 2.88. The Hall–Kier alpha value is -0.380. The van der Waals surface area contributed by atoms with Crippen molar-refractivity contribution in [3.05, 3.63) is 34.3 Å². The quantitative estimate of drug-likeness (QED) is 0.914. The molecule has 2 nitrogen and oxygen atoms in total. The second-order valence-electron chi connectivity index (χ2n) is 5.15. The van der Waals surface area contributed by atoms with Crippen molar-refractivity contribution < 1.29 is 0 Å². The van der Waals surface area contributed by atoms with Crippen molar-refractivity contribution in [1.29, 1.82) is 0 Å². The van der Waals surface area contributed by atoms with E-state index in [-0.39, 0.29) is 0 Å². The molecule has 1 aliphatic heterocycles. The molecule has 0 bridgehead atoms. The number of benzene rings is 1. The van der Waals surface area contributed by atoms with Gasteiger partial charge in [-0.15, -0.1) is 0 Å². The Kier molecular flexibility index (Phi) is 5.22. The van der Waals surface area contributed by atoms with Gasteiger partial charge in [0.05, 0.1) is 0 Å². The minimum absolute atomic E-state index is 0.441. The maximum absolute atomic E-state index is 3.76. The summed E-state index contributed by atoms with van der Waals surface area (Å²) in [6.07, 6.45) is 2.55. The minimum Gasteiger partial charge on any atom is -0.307 e. The van der Waals surface area contributed by atoms with Crippen molar-refractivity contribution in [2.45, 2.75) is 38.8 Å². The van der Waals surface area contributed by atoms with Crippen LogP contribution in [-0.4, -0.2) is 30.6 Å². The van der Waals surface area contributed by atoms with E-state index >= 15 is 0 Å². The Morgan fingerprint density at radius 3 is 2.44 bits per heavy atom. The molecule has 0 aromatic heterocycles. The third kappa shape index (κ3) is 3.81. The zero-order valence-corrected chi connectivity index (χ0v) is 12.9. The van der Waals surface area contributed by atoms with Crippen LogP contribution in [0.4, 0.5) is 0 Å². The van der Waals surface area contributed by atoms with E-state index in [1.54, 1.807) is 0 Å². The Balaban J connectivity index is 1.84. The Bertz CT molecular complexity index is 355. The molecule has 1 unspecified atom stereocenters. The molecule has 0 spiro atoms. The standard InChI is InChI=1S/C15H23BrN2/c1-3-18-10-8-15(9-11-18)17-12(2)13-4-6-14(16)7-5-13/h4-7,12,15,17H,3,8-11H2,1-2H3. The third-order valence-electron chi connectivity index (χ3n) is 3.89. The highest BCUT2D eigenvalue weighted by molar-refractivity contribution is 9.10. The van der Waals surface area contributed by atoms with Gasteiger partial charge in [-0.3, -0.25) is 0 Å². The van der Waals surface area contributed by atoms with E-state index in [1.165, 1.54) is 38.0 Å². The topological polar surface area (TPSA) is 15.3 Å². The summed E-state index contributed by atoms with van der Waals surface area (Å²) in [7, 11) is 0. The average Bonchev–Trinajstić information content (AvgIpc) is 2.40. The van der Waals surface area contributed by atoms with Crippen LogP contribution in [0.25, 0.3) is 0 Å². The summed E-state index contributed by atoms with van der Waals surface area (Å²) in [5.74, 6) is 0. The van der Waals surface area contributed by atoms with Crippen LogP contribution in [0.2, 0.25) is 0 Å². The van der Waals surface area contributed by atoms with Gasteiger partial charge in [0, 0.05) is 16.6 Å². The zero-order chi connectivity index (χ0) is 13.0. The van der Waals surface area contributed by atoms with Gasteiger partial charge in [-0.2, -0.15) is 0 Å². The second kappa shape index (κ2) is 6.69. The van der Waals surface area contributed by atoms with Crippen LogP contribution in [0.3, 0.4) is 0 Å². The van der Waals surface area contributed by atoms with Gasteiger partial charge in [0.25, 0.3) is 0 Å². The smallest absolute Gasteiger partial charge is 0.0294 e. The molecule has 1 aromatic carbocycles. The first-order valence-electron chi connectivity index (χ1n) is 6.93. The molecule has 0 saturated carbocycles. The first-order valence-corrected chi connectivity index (χ1v) is 7.72. The van der Waals surface area contributed by atoms with Crippen molar-refractivity contribution in [2.24, 2.45) is 0 Å². The van der Waals surface area contributed by atoms with Gasteiger partial charge < -0.3 is 10.2 Å². The normalized spacial score (nSPS) is 19.9. The van der Waals surface area contributed by atoms with Gasteiger partial charge in [-0.1, -0.05) is 35.0 Å². The molecule has 1 saturated heterocycles. The van der Waals surface area contributed by atoms with Gasteiger partial charge >= 0.3 is 0 Å². The highest BCUT2D eigenvalue weighted by Gasteiger charge is 2.19. The van der Waals surface area contributed by atoms with E-state index in [2.05, 4.69) is 64.3 Å². The highest BCUT2D eigenvalue weighted by Crippen LogP contribution is 2.19. The lowest BCUT2D eigenvalue weighted by molar-refractivity contribution is 0.200. The summed E-state index contributed by atoms with van der Waals surface area (Å²) >= 11 is 3.48. The molecule has 0 aliphatic carbocycles. The second-order valence-corrected chi connectivity index (χ2v) is 6.06. The summed E-state index contributed by atoms with van der Waals surface area (Å²) in [4.78, 5) is 2.53. The Morgan fingerprint density at radius 2 is 1.89 bits per heavy atom. The number of rotatable bonds is 4. The fourth-order valence-electron chi connectivity index (χ4n) is 2.62. The van der Waals surface area contributed by atoms with E-state index in [0.717, 1.165) is 4.47 Å². The largest absolute Gasteiger partial charge is 0.307 e. The maximum atomic E-state index is 3.76. The molecule has 18 heavy (non-hydrogen) atoms. The average molecular weight is 311 g/mol. The van der Waals surface area contributed by atoms with Gasteiger partial charge in [0.15, 0.2) is 0 Å². The fraction of sp³-hybridized carbons (Fsp3) is 0.600. The SMILES string of the molecule is CCN1CCC(NC(C)c2ccc(Br)cc2)CC1. The van der Waals surface area contributed by atoms with Gasteiger partial charge in [-0.25, -0.2) is 0 Å². The summed E-state index contributed by atoms with van der Waals surface area (Å²) in [6, 6.07) is 9.74. The van der Waals surface area contributed by atoms with E-state index in [4.69, 9.17) is 0 Å². The molecule has 1 N–H and O–H groups in total. The predicted molar refractivity (Wildman–Crippen MR) is 80.8 cm³/mol. The van der Waals surface area contributed by atoms with Crippen LogP contribution >= 0.6 is 15.9 Å². The van der Waals surface area contributed by atoms with Crippen molar-refractivity contribution in [2.75, 3.05) is 19.6 Å². The third-order valence-corrected chi connectivity index (χ3v) is 4.42. The lowest BCUT2D eigenvalue weighted by Crippen LogP contribution is -2.43. The van der Waals surface area contributed by atoms with Crippen LogP contribution in [0, 0.1) is 0 Å². The number of hydrogen-bond donors (Lipinski definition) is 1. The van der Waals surface area contributed by atoms with Gasteiger partial charge in [-0.05, 0) is 57.1 Å². The summed E-state index contributed by atoms with van der Waals surface area (Å²) in [5.41, 5.74) is 1.37. The molecule has 1 atom stereocenters. The lowest BCUT2D eigenvalue weighted by atomic mass is 10.0. The van der Waals surface area contributed by atoms with Crippen molar-refractivity contribution in [1.82, 2.24) is 10.2 Å². The monoisotopic (exact) mass is 310 g/mol. The first-order chi connectivity index (χ1) is 8.69. The maximum Gasteiger partial charge on any atom is 0.0294 e. The lowest BCUT2D eigenvalue weighted by Gasteiger charge is -2.33. The van der Waals surface area contributed by atoms with Crippen LogP contribution in [0.15, 0.2) is 28.7 Å². The molecular weight excluding hydrogens is 288 g/mol. The molecule has 1 aliphatic rings. The van der Waals surface area contributed by atoms with Crippen LogP contribution < -0.4 is 5.32 Å². The molecule has 1 heterocycles. The highest BCUT2D eigenvalue weighted by atomic mass is 79.9. The molecule has 0 radical (unpaired) electrons. The molecular formula is C15H23BrN2. The minimum atomic E-state index is 0.441. The van der Waals surface area contributed by atoms with Gasteiger partial charge in [0.2, 0.25) is 0 Å². The van der Waals surface area contributed by atoms with Crippen LogP contribution in [0.1, 0.15) is 38.3 Å². The Labute approximate surface area is 119 Å². The van der Waals surface area contributed by atoms with E-state index < -0.39 is 0 Å². The molecule has 1 fully saturated rings. The number of likely N-dealkylation sites (tertiary alicyclic amines) is 1. The zero-order valence-electron chi connectivity index (χ0n) is 11.3. The number of piperidine rings is 1. The van der Waals surface area contributed by atoms with Crippen molar-refractivity contribution in [3.8, 4) is 0 Å². The molecule has 100 valence electrons. The van der Waals surface area contributed by atoms with Gasteiger partial charge in [0.1, 0.15) is 0 Å². The first kappa shape index (κ1) is 14.0. The molecule has 0 amide bonds. The predicted octanol–water partition coefficient (Wildman–Crippen LogP) is 3.58. The molecule has 3 heteroatoms. The number of nitrogens with zero attached hydrogens (tertiary/aromatic N) is 1. The Morgan fingerprint density at radius 1 is 1.28 bits per heavy atom. The molecule has 1 aromatic rings. The van der Waals surface area contributed by atoms with Crippen LogP contribution in [-0.2, 0) is 0 Å². The summed E-state index contributed by atoms with van der Waals surface area (Å²) in [6.45, 7) is 8.17. The van der Waals surface area contributed by atoms with Crippen LogP contribution in [0.5, 0.6) is 0 Å². The summed E-state index contributed by atoms with van der Waals surface area (Å²) in [5, 5.41) is 3.76. The van der Waals surface area contributed by atoms with E-state index in [0.29, 0.717) is 12.1 Å². The number of halogens is 1. The molecule has 2 rings (SSSR count). The van der Waals surface area contributed by atoms with Crippen molar-refractivity contribution >= 4 is 15.9 Å². The van der Waals surface area contributed by atoms with Crippen molar-refractivity contribution in [3.63, 3.8) is 0 Å². The number of hydrogen-bond acceptors (Lipinski definition) is 2. The number of nitrogens with one attached hydrogen (secondary N) is 1.